The van der Waals surface area contributed by atoms with Gasteiger partial charge in [-0.05, 0) is 18.4 Å². The largest absolute Gasteiger partial charge is 0.510 e. The van der Waals surface area contributed by atoms with Gasteiger partial charge in [0.25, 0.3) is 5.91 Å². The van der Waals surface area contributed by atoms with Crippen LogP contribution in [0.1, 0.15) is 18.4 Å². The molecule has 0 heterocycles. The zero-order valence-electron chi connectivity index (χ0n) is 9.18. The van der Waals surface area contributed by atoms with Gasteiger partial charge in [-0.1, -0.05) is 30.3 Å². The topological polar surface area (TPSA) is 87.1 Å². The first-order chi connectivity index (χ1) is 8.12. The molecule has 1 aliphatic rings. The van der Waals surface area contributed by atoms with Gasteiger partial charge in [0.1, 0.15) is 11.8 Å². The van der Waals surface area contributed by atoms with Crippen LogP contribution in [-0.2, 0) is 10.2 Å². The third-order valence-corrected chi connectivity index (χ3v) is 3.12. The molecule has 0 bridgehead atoms. The average Bonchev–Trinajstić information content (AvgIpc) is 3.11. The van der Waals surface area contributed by atoms with Gasteiger partial charge >= 0.3 is 0 Å². The Kier molecular flexibility index (Phi) is 2.60. The molecule has 1 saturated carbocycles. The van der Waals surface area contributed by atoms with Crippen molar-refractivity contribution in [3.63, 3.8) is 0 Å². The predicted octanol–water partition coefficient (Wildman–Crippen LogP) is 1.54. The second kappa shape index (κ2) is 3.95. The van der Waals surface area contributed by atoms with E-state index in [0.717, 1.165) is 18.4 Å². The fourth-order valence-corrected chi connectivity index (χ4v) is 2.01. The SMILES string of the molecule is N#CC(C(N)=O)=C(O)C1(c2ccccc2)CC1. The Bertz CT molecular complexity index is 522. The standard InChI is InChI=1S/C13H12N2O2/c14-8-10(12(15)17)11(16)13(6-7-13)9-4-2-1-3-5-9/h1-5,16H,6-7H2,(H2,15,17). The number of nitrogens with zero attached hydrogens (tertiary/aromatic N) is 1. The molecule has 1 aliphatic carbocycles. The lowest BCUT2D eigenvalue weighted by molar-refractivity contribution is -0.114. The number of hydrogen-bond donors (Lipinski definition) is 2. The lowest BCUT2D eigenvalue weighted by Crippen LogP contribution is -2.20. The molecule has 0 spiro atoms. The molecule has 0 aliphatic heterocycles. The highest BCUT2D eigenvalue weighted by atomic mass is 16.3. The third kappa shape index (κ3) is 1.76. The summed E-state index contributed by atoms with van der Waals surface area (Å²) in [5.74, 6) is -1.08. The number of allylic oxidation sites excluding steroid dienone is 1. The summed E-state index contributed by atoms with van der Waals surface area (Å²) in [6.45, 7) is 0. The molecule has 2 rings (SSSR count). The van der Waals surface area contributed by atoms with Crippen molar-refractivity contribution in [3.05, 3.63) is 47.2 Å². The van der Waals surface area contributed by atoms with Gasteiger partial charge in [0.15, 0.2) is 5.57 Å². The van der Waals surface area contributed by atoms with Crippen molar-refractivity contribution in [1.29, 1.82) is 5.26 Å². The molecule has 0 aromatic heterocycles. The molecule has 4 heteroatoms. The molecule has 1 amide bonds. The molecule has 4 nitrogen and oxygen atoms in total. The second-order valence-corrected chi connectivity index (χ2v) is 4.15. The summed E-state index contributed by atoms with van der Waals surface area (Å²) in [5, 5.41) is 18.9. The quantitative estimate of drug-likeness (QED) is 0.467. The highest BCUT2D eigenvalue weighted by Crippen LogP contribution is 2.53. The summed E-state index contributed by atoms with van der Waals surface area (Å²) < 4.78 is 0. The number of aliphatic hydroxyl groups is 1. The fourth-order valence-electron chi connectivity index (χ4n) is 2.01. The number of carbonyl (C=O) groups excluding carboxylic acids is 1. The van der Waals surface area contributed by atoms with Gasteiger partial charge in [-0.3, -0.25) is 4.79 Å². The fraction of sp³-hybridized carbons (Fsp3) is 0.231. The molecular weight excluding hydrogens is 216 g/mol. The maximum absolute atomic E-state index is 11.1. The number of carbonyl (C=O) groups is 1. The van der Waals surface area contributed by atoms with Crippen molar-refractivity contribution >= 4 is 5.91 Å². The molecule has 0 saturated heterocycles. The van der Waals surface area contributed by atoms with E-state index in [0.29, 0.717) is 0 Å². The van der Waals surface area contributed by atoms with E-state index in [1.807, 2.05) is 30.3 Å². The first kappa shape index (κ1) is 11.2. The maximum atomic E-state index is 11.1. The number of hydrogen-bond acceptors (Lipinski definition) is 3. The first-order valence-electron chi connectivity index (χ1n) is 5.31. The minimum Gasteiger partial charge on any atom is -0.510 e. The lowest BCUT2D eigenvalue weighted by atomic mass is 9.91. The number of primary amides is 1. The monoisotopic (exact) mass is 228 g/mol. The van der Waals surface area contributed by atoms with Gasteiger partial charge < -0.3 is 10.8 Å². The number of nitrogens with two attached hydrogens (primary N) is 1. The van der Waals surface area contributed by atoms with Crippen LogP contribution < -0.4 is 5.73 Å². The lowest BCUT2D eigenvalue weighted by Gasteiger charge is -2.15. The number of rotatable bonds is 3. The van der Waals surface area contributed by atoms with Crippen LogP contribution in [0.2, 0.25) is 0 Å². The summed E-state index contributed by atoms with van der Waals surface area (Å²) in [4.78, 5) is 11.1. The maximum Gasteiger partial charge on any atom is 0.262 e. The summed E-state index contributed by atoms with van der Waals surface area (Å²) in [6, 6.07) is 11.0. The molecule has 0 atom stereocenters. The number of amides is 1. The molecule has 86 valence electrons. The molecule has 0 radical (unpaired) electrons. The Morgan fingerprint density at radius 2 is 1.94 bits per heavy atom. The van der Waals surface area contributed by atoms with Crippen LogP contribution >= 0.6 is 0 Å². The summed E-state index contributed by atoms with van der Waals surface area (Å²) in [5.41, 5.74) is 5.06. The molecule has 1 aromatic carbocycles. The van der Waals surface area contributed by atoms with Crippen LogP contribution in [0.25, 0.3) is 0 Å². The van der Waals surface area contributed by atoms with Crippen molar-refractivity contribution in [2.45, 2.75) is 18.3 Å². The van der Waals surface area contributed by atoms with Crippen LogP contribution in [0.3, 0.4) is 0 Å². The molecule has 1 aromatic rings. The summed E-state index contributed by atoms with van der Waals surface area (Å²) >= 11 is 0. The van der Waals surface area contributed by atoms with E-state index in [1.165, 1.54) is 0 Å². The predicted molar refractivity (Wildman–Crippen MR) is 61.8 cm³/mol. The van der Waals surface area contributed by atoms with E-state index >= 15 is 0 Å². The van der Waals surface area contributed by atoms with E-state index in [-0.39, 0.29) is 11.3 Å². The van der Waals surface area contributed by atoms with Gasteiger partial charge in [-0.2, -0.15) is 5.26 Å². The number of aliphatic hydroxyl groups excluding tert-OH is 1. The zero-order valence-corrected chi connectivity index (χ0v) is 9.18. The van der Waals surface area contributed by atoms with Crippen molar-refractivity contribution < 1.29 is 9.90 Å². The average molecular weight is 228 g/mol. The minimum absolute atomic E-state index is 0.196. The zero-order chi connectivity index (χ0) is 12.5. The Labute approximate surface area is 99.0 Å². The van der Waals surface area contributed by atoms with Gasteiger partial charge in [-0.25, -0.2) is 0 Å². The van der Waals surface area contributed by atoms with E-state index < -0.39 is 11.3 Å². The highest BCUT2D eigenvalue weighted by molar-refractivity contribution is 5.96. The Morgan fingerprint density at radius 1 is 1.35 bits per heavy atom. The Hall–Kier alpha value is -2.28. The molecular formula is C13H12N2O2. The van der Waals surface area contributed by atoms with Gasteiger partial charge in [0, 0.05) is 0 Å². The van der Waals surface area contributed by atoms with Crippen molar-refractivity contribution in [2.75, 3.05) is 0 Å². The van der Waals surface area contributed by atoms with Crippen LogP contribution in [0, 0.1) is 11.3 Å². The van der Waals surface area contributed by atoms with Gasteiger partial charge in [0.2, 0.25) is 0 Å². The third-order valence-electron chi connectivity index (χ3n) is 3.12. The molecule has 3 N–H and O–H groups in total. The van der Waals surface area contributed by atoms with E-state index in [1.54, 1.807) is 6.07 Å². The normalized spacial score (nSPS) is 17.8. The summed E-state index contributed by atoms with van der Waals surface area (Å²) in [6.07, 6.45) is 1.45. The van der Waals surface area contributed by atoms with E-state index in [4.69, 9.17) is 11.0 Å². The van der Waals surface area contributed by atoms with E-state index in [2.05, 4.69) is 0 Å². The smallest absolute Gasteiger partial charge is 0.262 e. The Balaban J connectivity index is 2.48. The molecule has 0 unspecified atom stereocenters. The highest BCUT2D eigenvalue weighted by Gasteiger charge is 2.50. The second-order valence-electron chi connectivity index (χ2n) is 4.15. The Morgan fingerprint density at radius 3 is 2.35 bits per heavy atom. The van der Waals surface area contributed by atoms with Gasteiger partial charge in [-0.15, -0.1) is 0 Å². The number of benzene rings is 1. The van der Waals surface area contributed by atoms with Crippen molar-refractivity contribution in [2.24, 2.45) is 5.73 Å². The van der Waals surface area contributed by atoms with Crippen LogP contribution in [0.15, 0.2) is 41.7 Å². The van der Waals surface area contributed by atoms with Crippen molar-refractivity contribution in [3.8, 4) is 6.07 Å². The molecule has 17 heavy (non-hydrogen) atoms. The van der Waals surface area contributed by atoms with Crippen LogP contribution in [0.4, 0.5) is 0 Å². The number of nitriles is 1. The summed E-state index contributed by atoms with van der Waals surface area (Å²) in [7, 11) is 0. The van der Waals surface area contributed by atoms with Gasteiger partial charge in [0.05, 0.1) is 5.41 Å². The molecule has 1 fully saturated rings. The first-order valence-corrected chi connectivity index (χ1v) is 5.31. The van der Waals surface area contributed by atoms with Crippen LogP contribution in [-0.4, -0.2) is 11.0 Å². The minimum atomic E-state index is -0.882. The van der Waals surface area contributed by atoms with Crippen LogP contribution in [0.5, 0.6) is 0 Å². The van der Waals surface area contributed by atoms with Crippen molar-refractivity contribution in [1.82, 2.24) is 0 Å². The van der Waals surface area contributed by atoms with E-state index in [9.17, 15) is 9.90 Å².